The van der Waals surface area contributed by atoms with E-state index < -0.39 is 0 Å². The van der Waals surface area contributed by atoms with E-state index in [1.54, 1.807) is 6.20 Å². The summed E-state index contributed by atoms with van der Waals surface area (Å²) in [5.74, 6) is 0.628. The second-order valence-electron chi connectivity index (χ2n) is 5.90. The lowest BCUT2D eigenvalue weighted by Gasteiger charge is -2.26. The summed E-state index contributed by atoms with van der Waals surface area (Å²) < 4.78 is 1.86. The predicted octanol–water partition coefficient (Wildman–Crippen LogP) is 2.05. The van der Waals surface area contributed by atoms with Gasteiger partial charge in [0.15, 0.2) is 0 Å². The Kier molecular flexibility index (Phi) is 6.20. The number of aryl methyl sites for hydroxylation is 1. The van der Waals surface area contributed by atoms with E-state index in [4.69, 9.17) is 5.73 Å². The molecule has 20 heavy (non-hydrogen) atoms. The highest BCUT2D eigenvalue weighted by Crippen LogP contribution is 2.15. The van der Waals surface area contributed by atoms with Crippen LogP contribution in [0.3, 0.4) is 0 Å². The summed E-state index contributed by atoms with van der Waals surface area (Å²) in [6.45, 7) is 9.77. The third-order valence-corrected chi connectivity index (χ3v) is 3.70. The van der Waals surface area contributed by atoms with Crippen LogP contribution in [0.4, 0.5) is 0 Å². The molecule has 0 aliphatic carbocycles. The minimum absolute atomic E-state index is 0.0506. The van der Waals surface area contributed by atoms with Crippen molar-refractivity contribution in [1.82, 2.24) is 14.7 Å². The first kappa shape index (κ1) is 16.7. The second-order valence-corrected chi connectivity index (χ2v) is 5.90. The molecule has 0 aliphatic heterocycles. The first-order chi connectivity index (χ1) is 9.38. The molecule has 1 aromatic heterocycles. The maximum atomic E-state index is 12.5. The number of aromatic nitrogens is 2. The van der Waals surface area contributed by atoms with Gasteiger partial charge in [-0.15, -0.1) is 0 Å². The van der Waals surface area contributed by atoms with Crippen LogP contribution in [0.5, 0.6) is 0 Å². The van der Waals surface area contributed by atoms with Crippen molar-refractivity contribution in [3.63, 3.8) is 0 Å². The fraction of sp³-hybridized carbons (Fsp3) is 0.733. The zero-order chi connectivity index (χ0) is 15.3. The lowest BCUT2D eigenvalue weighted by molar-refractivity contribution is 0.0727. The second kappa shape index (κ2) is 7.43. The molecular formula is C15H28N4O. The molecule has 0 spiro atoms. The first-order valence-corrected chi connectivity index (χ1v) is 7.38. The summed E-state index contributed by atoms with van der Waals surface area (Å²) in [5, 5.41) is 4.29. The standard InChI is InChI=1S/C15H28N4O/c1-11(2)9-12(3)18(5)15(20)14-10-17-19(13(14)4)8-6-7-16/h10-12H,6-9,16H2,1-5H3. The van der Waals surface area contributed by atoms with Crippen molar-refractivity contribution in [2.75, 3.05) is 13.6 Å². The van der Waals surface area contributed by atoms with Crippen LogP contribution in [-0.4, -0.2) is 40.2 Å². The van der Waals surface area contributed by atoms with Gasteiger partial charge < -0.3 is 10.6 Å². The summed E-state index contributed by atoms with van der Waals surface area (Å²) in [6, 6.07) is 0.231. The third-order valence-electron chi connectivity index (χ3n) is 3.70. The summed E-state index contributed by atoms with van der Waals surface area (Å²) >= 11 is 0. The molecule has 5 nitrogen and oxygen atoms in total. The van der Waals surface area contributed by atoms with E-state index in [0.29, 0.717) is 18.0 Å². The molecule has 0 bridgehead atoms. The Morgan fingerprint density at radius 2 is 2.10 bits per heavy atom. The Morgan fingerprint density at radius 3 is 2.65 bits per heavy atom. The van der Waals surface area contributed by atoms with Gasteiger partial charge in [0.05, 0.1) is 11.8 Å². The van der Waals surface area contributed by atoms with Crippen LogP contribution in [0.15, 0.2) is 6.20 Å². The van der Waals surface area contributed by atoms with Gasteiger partial charge in [0.25, 0.3) is 5.91 Å². The lowest BCUT2D eigenvalue weighted by atomic mass is 10.0. The van der Waals surface area contributed by atoms with Crippen molar-refractivity contribution in [2.45, 2.75) is 53.1 Å². The van der Waals surface area contributed by atoms with Gasteiger partial charge in [-0.1, -0.05) is 13.8 Å². The van der Waals surface area contributed by atoms with Crippen LogP contribution in [0.1, 0.15) is 49.7 Å². The molecule has 0 fully saturated rings. The van der Waals surface area contributed by atoms with Crippen LogP contribution in [0.2, 0.25) is 0 Å². The van der Waals surface area contributed by atoms with Gasteiger partial charge in [0, 0.05) is 25.3 Å². The number of rotatable bonds is 7. The first-order valence-electron chi connectivity index (χ1n) is 7.38. The highest BCUT2D eigenvalue weighted by molar-refractivity contribution is 5.95. The van der Waals surface area contributed by atoms with Crippen molar-refractivity contribution in [2.24, 2.45) is 11.7 Å². The van der Waals surface area contributed by atoms with Crippen molar-refractivity contribution in [3.05, 3.63) is 17.5 Å². The predicted molar refractivity (Wildman–Crippen MR) is 81.6 cm³/mol. The van der Waals surface area contributed by atoms with Gasteiger partial charge in [-0.2, -0.15) is 5.10 Å². The molecule has 1 heterocycles. The lowest BCUT2D eigenvalue weighted by Crippen LogP contribution is -2.36. The molecule has 0 radical (unpaired) electrons. The molecule has 114 valence electrons. The zero-order valence-corrected chi connectivity index (χ0v) is 13.4. The Balaban J connectivity index is 2.79. The van der Waals surface area contributed by atoms with Crippen LogP contribution in [0, 0.1) is 12.8 Å². The highest BCUT2D eigenvalue weighted by atomic mass is 16.2. The zero-order valence-electron chi connectivity index (χ0n) is 13.4. The fourth-order valence-electron chi connectivity index (χ4n) is 2.35. The molecule has 1 unspecified atom stereocenters. The normalized spacial score (nSPS) is 12.8. The van der Waals surface area contributed by atoms with E-state index in [1.165, 1.54) is 0 Å². The van der Waals surface area contributed by atoms with Crippen LogP contribution in [0.25, 0.3) is 0 Å². The Bertz CT molecular complexity index is 439. The molecule has 1 amide bonds. The van der Waals surface area contributed by atoms with Crippen molar-refractivity contribution in [1.29, 1.82) is 0 Å². The van der Waals surface area contributed by atoms with E-state index in [-0.39, 0.29) is 11.9 Å². The Hall–Kier alpha value is -1.36. The highest BCUT2D eigenvalue weighted by Gasteiger charge is 2.22. The van der Waals surface area contributed by atoms with Crippen molar-refractivity contribution < 1.29 is 4.79 Å². The number of nitrogens with two attached hydrogens (primary N) is 1. The third kappa shape index (κ3) is 4.07. The maximum absolute atomic E-state index is 12.5. The van der Waals surface area contributed by atoms with Crippen LogP contribution < -0.4 is 5.73 Å². The maximum Gasteiger partial charge on any atom is 0.257 e. The fourth-order valence-corrected chi connectivity index (χ4v) is 2.35. The van der Waals surface area contributed by atoms with Gasteiger partial charge in [0.1, 0.15) is 0 Å². The van der Waals surface area contributed by atoms with Crippen molar-refractivity contribution in [3.8, 4) is 0 Å². The largest absolute Gasteiger partial charge is 0.339 e. The average molecular weight is 280 g/mol. The number of hydrogen-bond donors (Lipinski definition) is 1. The molecule has 2 N–H and O–H groups in total. The molecule has 1 aromatic rings. The molecular weight excluding hydrogens is 252 g/mol. The van der Waals surface area contributed by atoms with E-state index in [2.05, 4.69) is 25.9 Å². The van der Waals surface area contributed by atoms with E-state index in [0.717, 1.165) is 25.1 Å². The monoisotopic (exact) mass is 280 g/mol. The SMILES string of the molecule is Cc1c(C(=O)N(C)C(C)CC(C)C)cnn1CCCN. The number of amides is 1. The van der Waals surface area contributed by atoms with E-state index in [9.17, 15) is 4.79 Å². The van der Waals surface area contributed by atoms with Crippen molar-refractivity contribution >= 4 is 5.91 Å². The Labute approximate surface area is 122 Å². The van der Waals surface area contributed by atoms with Gasteiger partial charge in [0.2, 0.25) is 0 Å². The summed E-state index contributed by atoms with van der Waals surface area (Å²) in [7, 11) is 1.87. The van der Waals surface area contributed by atoms with Crippen LogP contribution >= 0.6 is 0 Å². The molecule has 5 heteroatoms. The van der Waals surface area contributed by atoms with Gasteiger partial charge in [-0.3, -0.25) is 9.48 Å². The molecule has 0 aromatic carbocycles. The molecule has 1 rings (SSSR count). The van der Waals surface area contributed by atoms with E-state index >= 15 is 0 Å². The quantitative estimate of drug-likeness (QED) is 0.831. The Morgan fingerprint density at radius 1 is 1.45 bits per heavy atom. The topological polar surface area (TPSA) is 64.2 Å². The molecule has 0 saturated heterocycles. The number of nitrogens with zero attached hydrogens (tertiary/aromatic N) is 3. The number of carbonyl (C=O) groups excluding carboxylic acids is 1. The van der Waals surface area contributed by atoms with Gasteiger partial charge in [-0.05, 0) is 39.2 Å². The summed E-state index contributed by atoms with van der Waals surface area (Å²) in [6.07, 6.45) is 3.55. The van der Waals surface area contributed by atoms with E-state index in [1.807, 2.05) is 23.6 Å². The molecule has 0 aliphatic rings. The minimum Gasteiger partial charge on any atom is -0.339 e. The minimum atomic E-state index is 0.0506. The van der Waals surface area contributed by atoms with Gasteiger partial charge >= 0.3 is 0 Å². The number of carbonyl (C=O) groups is 1. The molecule has 0 saturated carbocycles. The van der Waals surface area contributed by atoms with Crippen LogP contribution in [-0.2, 0) is 6.54 Å². The summed E-state index contributed by atoms with van der Waals surface area (Å²) in [4.78, 5) is 14.3. The smallest absolute Gasteiger partial charge is 0.257 e. The van der Waals surface area contributed by atoms with Gasteiger partial charge in [-0.25, -0.2) is 0 Å². The molecule has 1 atom stereocenters. The summed E-state index contributed by atoms with van der Waals surface area (Å²) in [5.41, 5.74) is 7.13. The number of hydrogen-bond acceptors (Lipinski definition) is 3. The average Bonchev–Trinajstić information content (AvgIpc) is 2.75.